The fourth-order valence-electron chi connectivity index (χ4n) is 4.03. The number of aromatic nitrogens is 4. The van der Waals surface area contributed by atoms with Gasteiger partial charge in [0.05, 0.1) is 6.33 Å². The van der Waals surface area contributed by atoms with Gasteiger partial charge in [-0.3, -0.25) is 18.7 Å². The van der Waals surface area contributed by atoms with E-state index in [9.17, 15) is 14.4 Å². The molecule has 3 aromatic rings. The number of benzene rings is 1. The summed E-state index contributed by atoms with van der Waals surface area (Å²) in [6.45, 7) is 2.55. The summed E-state index contributed by atoms with van der Waals surface area (Å²) in [5.74, 6) is 0.0853. The van der Waals surface area contributed by atoms with Gasteiger partial charge in [0, 0.05) is 38.8 Å². The van der Waals surface area contributed by atoms with E-state index < -0.39 is 5.69 Å². The summed E-state index contributed by atoms with van der Waals surface area (Å²) in [4.78, 5) is 43.4. The van der Waals surface area contributed by atoms with Gasteiger partial charge >= 0.3 is 5.69 Å². The van der Waals surface area contributed by atoms with Crippen molar-refractivity contribution in [1.82, 2.24) is 18.7 Å². The second-order valence-corrected chi connectivity index (χ2v) is 7.37. The molecule has 28 heavy (non-hydrogen) atoms. The number of amides is 1. The molecule has 0 aliphatic carbocycles. The lowest BCUT2D eigenvalue weighted by Gasteiger charge is -2.22. The molecule has 1 atom stereocenters. The fraction of sp³-hybridized carbons (Fsp3) is 0.400. The van der Waals surface area contributed by atoms with Crippen LogP contribution in [0.15, 0.2) is 40.2 Å². The summed E-state index contributed by atoms with van der Waals surface area (Å²) in [6.07, 6.45) is 3.40. The highest BCUT2D eigenvalue weighted by molar-refractivity contribution is 5.96. The standard InChI is InChI=1S/C20H23N5O3/c1-13-11-14-7-4-5-8-15(14)25(13)16(26)9-6-10-24-12-21-18-17(24)19(27)23(3)20(28)22(18)2/h4-5,7-8,12-13H,6,9-11H2,1-3H3. The van der Waals surface area contributed by atoms with Crippen LogP contribution in [0.25, 0.3) is 11.2 Å². The fourth-order valence-corrected chi connectivity index (χ4v) is 4.03. The second-order valence-electron chi connectivity index (χ2n) is 7.37. The van der Waals surface area contributed by atoms with Crippen LogP contribution in [0.3, 0.4) is 0 Å². The molecular weight excluding hydrogens is 358 g/mol. The Morgan fingerprint density at radius 1 is 1.18 bits per heavy atom. The van der Waals surface area contributed by atoms with Crippen molar-refractivity contribution in [1.29, 1.82) is 0 Å². The monoisotopic (exact) mass is 381 g/mol. The van der Waals surface area contributed by atoms with Crippen LogP contribution in [-0.2, 0) is 31.9 Å². The van der Waals surface area contributed by atoms with Gasteiger partial charge < -0.3 is 9.47 Å². The molecule has 1 aliphatic heterocycles. The molecule has 0 fully saturated rings. The quantitative estimate of drug-likeness (QED) is 0.680. The Morgan fingerprint density at radius 3 is 2.71 bits per heavy atom. The number of carbonyl (C=O) groups is 1. The Hall–Kier alpha value is -3.16. The molecule has 0 saturated heterocycles. The van der Waals surface area contributed by atoms with Gasteiger partial charge in [-0.25, -0.2) is 9.78 Å². The minimum Gasteiger partial charge on any atom is -0.325 e. The van der Waals surface area contributed by atoms with Crippen molar-refractivity contribution in [3.05, 3.63) is 57.0 Å². The van der Waals surface area contributed by atoms with E-state index in [1.165, 1.54) is 17.2 Å². The SMILES string of the molecule is CC1Cc2ccccc2N1C(=O)CCCn1cnc2c1c(=O)n(C)c(=O)n2C. The first-order valence-corrected chi connectivity index (χ1v) is 9.41. The van der Waals surface area contributed by atoms with Crippen molar-refractivity contribution in [2.75, 3.05) is 4.90 Å². The minimum absolute atomic E-state index is 0.0853. The van der Waals surface area contributed by atoms with E-state index in [-0.39, 0.29) is 17.5 Å². The highest BCUT2D eigenvalue weighted by atomic mass is 16.2. The molecule has 0 saturated carbocycles. The molecule has 0 bridgehead atoms. The smallest absolute Gasteiger partial charge is 0.325 e. The molecule has 1 aromatic carbocycles. The minimum atomic E-state index is -0.403. The summed E-state index contributed by atoms with van der Waals surface area (Å²) in [7, 11) is 3.05. The number of hydrogen-bond donors (Lipinski definition) is 0. The Balaban J connectivity index is 1.51. The van der Waals surface area contributed by atoms with E-state index in [1.54, 1.807) is 17.9 Å². The van der Waals surface area contributed by atoms with Crippen LogP contribution < -0.4 is 16.1 Å². The summed E-state index contributed by atoms with van der Waals surface area (Å²) in [6, 6.07) is 8.16. The molecule has 1 unspecified atom stereocenters. The van der Waals surface area contributed by atoms with E-state index in [0.717, 1.165) is 16.7 Å². The normalized spacial score (nSPS) is 16.0. The van der Waals surface area contributed by atoms with Gasteiger partial charge in [-0.15, -0.1) is 0 Å². The predicted octanol–water partition coefficient (Wildman–Crippen LogP) is 1.19. The zero-order valence-electron chi connectivity index (χ0n) is 16.3. The lowest BCUT2D eigenvalue weighted by Crippen LogP contribution is -2.37. The lowest BCUT2D eigenvalue weighted by molar-refractivity contribution is -0.119. The topological polar surface area (TPSA) is 82.1 Å². The van der Waals surface area contributed by atoms with Crippen LogP contribution in [-0.4, -0.2) is 30.6 Å². The highest BCUT2D eigenvalue weighted by Gasteiger charge is 2.30. The number of anilines is 1. The zero-order chi connectivity index (χ0) is 20.0. The summed E-state index contributed by atoms with van der Waals surface area (Å²) >= 11 is 0. The number of aryl methyl sites for hydroxylation is 2. The van der Waals surface area contributed by atoms with Gasteiger partial charge in [-0.05, 0) is 31.4 Å². The molecule has 2 aromatic heterocycles. The number of imidazole rings is 1. The maximum absolute atomic E-state index is 12.8. The maximum Gasteiger partial charge on any atom is 0.332 e. The molecule has 1 amide bonds. The van der Waals surface area contributed by atoms with Crippen LogP contribution in [0.1, 0.15) is 25.3 Å². The third-order valence-corrected chi connectivity index (χ3v) is 5.48. The van der Waals surface area contributed by atoms with Crippen molar-refractivity contribution in [2.45, 2.75) is 38.8 Å². The number of carbonyl (C=O) groups excluding carboxylic acids is 1. The average molecular weight is 381 g/mol. The van der Waals surface area contributed by atoms with E-state index in [2.05, 4.69) is 18.0 Å². The van der Waals surface area contributed by atoms with Crippen LogP contribution >= 0.6 is 0 Å². The number of para-hydroxylation sites is 1. The lowest BCUT2D eigenvalue weighted by atomic mass is 10.1. The molecule has 146 valence electrons. The predicted molar refractivity (Wildman–Crippen MR) is 107 cm³/mol. The van der Waals surface area contributed by atoms with Crippen LogP contribution in [0.2, 0.25) is 0 Å². The molecule has 3 heterocycles. The average Bonchev–Trinajstić information content (AvgIpc) is 3.25. The summed E-state index contributed by atoms with van der Waals surface area (Å²) in [5, 5.41) is 0. The van der Waals surface area contributed by atoms with E-state index in [0.29, 0.717) is 30.6 Å². The van der Waals surface area contributed by atoms with Gasteiger partial charge in [-0.1, -0.05) is 18.2 Å². The Kier molecular flexibility index (Phi) is 4.41. The van der Waals surface area contributed by atoms with Gasteiger partial charge in [0.2, 0.25) is 5.91 Å². The molecule has 8 heteroatoms. The Labute approximate surface area is 161 Å². The third-order valence-electron chi connectivity index (χ3n) is 5.48. The largest absolute Gasteiger partial charge is 0.332 e. The highest BCUT2D eigenvalue weighted by Crippen LogP contribution is 2.32. The molecule has 0 spiro atoms. The van der Waals surface area contributed by atoms with Crippen LogP contribution in [0.4, 0.5) is 5.69 Å². The zero-order valence-corrected chi connectivity index (χ0v) is 16.3. The summed E-state index contributed by atoms with van der Waals surface area (Å²) in [5.41, 5.74) is 2.17. The Bertz CT molecular complexity index is 1190. The molecule has 1 aliphatic rings. The van der Waals surface area contributed by atoms with Crippen molar-refractivity contribution >= 4 is 22.8 Å². The maximum atomic E-state index is 12.8. The number of fused-ring (bicyclic) bond motifs is 2. The first-order chi connectivity index (χ1) is 13.4. The van der Waals surface area contributed by atoms with E-state index in [4.69, 9.17) is 0 Å². The van der Waals surface area contributed by atoms with Crippen LogP contribution in [0, 0.1) is 0 Å². The molecule has 0 N–H and O–H groups in total. The number of rotatable bonds is 4. The molecular formula is C20H23N5O3. The van der Waals surface area contributed by atoms with Gasteiger partial charge in [0.1, 0.15) is 0 Å². The molecule has 8 nitrogen and oxygen atoms in total. The molecule has 0 radical (unpaired) electrons. The number of nitrogens with zero attached hydrogens (tertiary/aromatic N) is 5. The molecule has 4 rings (SSSR count). The number of hydrogen-bond acceptors (Lipinski definition) is 4. The Morgan fingerprint density at radius 2 is 1.93 bits per heavy atom. The van der Waals surface area contributed by atoms with Crippen LogP contribution in [0.5, 0.6) is 0 Å². The van der Waals surface area contributed by atoms with Crippen molar-refractivity contribution < 1.29 is 4.79 Å². The van der Waals surface area contributed by atoms with Crippen molar-refractivity contribution in [3.63, 3.8) is 0 Å². The first-order valence-electron chi connectivity index (χ1n) is 9.41. The van der Waals surface area contributed by atoms with E-state index >= 15 is 0 Å². The second kappa shape index (κ2) is 6.78. The van der Waals surface area contributed by atoms with Crippen molar-refractivity contribution in [2.24, 2.45) is 14.1 Å². The van der Waals surface area contributed by atoms with Crippen molar-refractivity contribution in [3.8, 4) is 0 Å². The van der Waals surface area contributed by atoms with Gasteiger partial charge in [0.25, 0.3) is 5.56 Å². The van der Waals surface area contributed by atoms with Gasteiger partial charge in [0.15, 0.2) is 11.2 Å². The third kappa shape index (κ3) is 2.76. The van der Waals surface area contributed by atoms with E-state index in [1.807, 2.05) is 23.1 Å². The van der Waals surface area contributed by atoms with Gasteiger partial charge in [-0.2, -0.15) is 0 Å². The summed E-state index contributed by atoms with van der Waals surface area (Å²) < 4.78 is 4.17. The first kappa shape index (κ1) is 18.2.